The summed E-state index contributed by atoms with van der Waals surface area (Å²) in [5, 5.41) is 0. The molecule has 0 aliphatic heterocycles. The van der Waals surface area contributed by atoms with Crippen molar-refractivity contribution in [2.24, 2.45) is 34.5 Å². The van der Waals surface area contributed by atoms with Gasteiger partial charge in [-0.3, -0.25) is 9.59 Å². The number of Topliss-reactive ketones (excluding diaryl/α,β-unsaturated/α-hetero) is 2. The van der Waals surface area contributed by atoms with E-state index >= 15 is 0 Å². The molecule has 0 radical (unpaired) electrons. The Labute approximate surface area is 128 Å². The van der Waals surface area contributed by atoms with Gasteiger partial charge in [-0.2, -0.15) is 0 Å². The third kappa shape index (κ3) is 1.83. The summed E-state index contributed by atoms with van der Waals surface area (Å²) in [6, 6.07) is 0. The highest BCUT2D eigenvalue weighted by Gasteiger charge is 2.61. The highest BCUT2D eigenvalue weighted by molar-refractivity contribution is 5.89. The van der Waals surface area contributed by atoms with Crippen molar-refractivity contribution < 1.29 is 9.59 Å². The Morgan fingerprint density at radius 2 is 1.81 bits per heavy atom. The molecule has 21 heavy (non-hydrogen) atoms. The summed E-state index contributed by atoms with van der Waals surface area (Å²) in [6.45, 7) is 4.62. The van der Waals surface area contributed by atoms with Crippen molar-refractivity contribution in [3.63, 3.8) is 0 Å². The SMILES string of the molecule is C[C@@]12CC(=O)C[C@H]1[C@@H]1CC[C@H]3CCCC[C@]3(C)[C@H]1C(=O)C2. The summed E-state index contributed by atoms with van der Waals surface area (Å²) in [5.74, 6) is 2.93. The van der Waals surface area contributed by atoms with Crippen LogP contribution in [0.3, 0.4) is 0 Å². The molecule has 0 unspecified atom stereocenters. The molecule has 0 aromatic heterocycles. The van der Waals surface area contributed by atoms with Gasteiger partial charge >= 0.3 is 0 Å². The van der Waals surface area contributed by atoms with E-state index in [1.165, 1.54) is 38.5 Å². The third-order valence-electron chi connectivity index (χ3n) is 7.82. The van der Waals surface area contributed by atoms with Gasteiger partial charge in [0.25, 0.3) is 0 Å². The molecule has 0 spiro atoms. The maximum atomic E-state index is 13.0. The summed E-state index contributed by atoms with van der Waals surface area (Å²) in [5.41, 5.74) is 0.235. The molecule has 116 valence electrons. The van der Waals surface area contributed by atoms with E-state index in [-0.39, 0.29) is 16.7 Å². The zero-order valence-electron chi connectivity index (χ0n) is 13.5. The maximum absolute atomic E-state index is 13.0. The van der Waals surface area contributed by atoms with Crippen LogP contribution in [-0.4, -0.2) is 11.6 Å². The molecule has 4 aliphatic carbocycles. The summed E-state index contributed by atoms with van der Waals surface area (Å²) >= 11 is 0. The fourth-order valence-corrected chi connectivity index (χ4v) is 6.92. The first-order valence-corrected chi connectivity index (χ1v) is 8.98. The molecule has 2 nitrogen and oxygen atoms in total. The van der Waals surface area contributed by atoms with Crippen LogP contribution >= 0.6 is 0 Å². The van der Waals surface area contributed by atoms with Crippen LogP contribution in [0, 0.1) is 34.5 Å². The molecule has 0 aromatic rings. The van der Waals surface area contributed by atoms with Gasteiger partial charge in [0.15, 0.2) is 0 Å². The standard InChI is InChI=1S/C19H28O2/c1-18-10-13(20)9-15(18)14-7-6-12-5-3-4-8-19(12,2)17(14)16(21)11-18/h12,14-15,17H,3-11H2,1-2H3/t12-,14+,15+,17-,18+,19+/m1/s1. The van der Waals surface area contributed by atoms with Crippen LogP contribution in [0.4, 0.5) is 0 Å². The van der Waals surface area contributed by atoms with Crippen molar-refractivity contribution in [1.82, 2.24) is 0 Å². The lowest BCUT2D eigenvalue weighted by Gasteiger charge is -2.58. The molecule has 0 saturated heterocycles. The monoisotopic (exact) mass is 288 g/mol. The zero-order valence-corrected chi connectivity index (χ0v) is 13.5. The third-order valence-corrected chi connectivity index (χ3v) is 7.82. The highest BCUT2D eigenvalue weighted by Crippen LogP contribution is 2.64. The Hall–Kier alpha value is -0.660. The van der Waals surface area contributed by atoms with E-state index in [1.54, 1.807) is 0 Å². The summed E-state index contributed by atoms with van der Waals surface area (Å²) in [7, 11) is 0. The first-order chi connectivity index (χ1) is 9.94. The van der Waals surface area contributed by atoms with Gasteiger partial charge < -0.3 is 0 Å². The molecule has 0 heterocycles. The van der Waals surface area contributed by atoms with Gasteiger partial charge in [-0.25, -0.2) is 0 Å². The van der Waals surface area contributed by atoms with E-state index in [0.29, 0.717) is 36.2 Å². The maximum Gasteiger partial charge on any atom is 0.137 e. The van der Waals surface area contributed by atoms with Crippen LogP contribution in [0.15, 0.2) is 0 Å². The number of hydrogen-bond acceptors (Lipinski definition) is 2. The van der Waals surface area contributed by atoms with E-state index in [2.05, 4.69) is 13.8 Å². The molecule has 4 saturated carbocycles. The molecule has 4 aliphatic rings. The summed E-state index contributed by atoms with van der Waals surface area (Å²) in [4.78, 5) is 25.1. The summed E-state index contributed by atoms with van der Waals surface area (Å²) < 4.78 is 0. The molecule has 0 bridgehead atoms. The van der Waals surface area contributed by atoms with Gasteiger partial charge in [0.05, 0.1) is 0 Å². The summed E-state index contributed by atoms with van der Waals surface area (Å²) in [6.07, 6.45) is 9.80. The minimum absolute atomic E-state index is 0.00675. The first-order valence-electron chi connectivity index (χ1n) is 8.98. The fraction of sp³-hybridized carbons (Fsp3) is 0.895. The van der Waals surface area contributed by atoms with Crippen LogP contribution in [0.25, 0.3) is 0 Å². The Bertz CT molecular complexity index is 496. The van der Waals surface area contributed by atoms with E-state index in [4.69, 9.17) is 0 Å². The van der Waals surface area contributed by atoms with Gasteiger partial charge in [0, 0.05) is 25.2 Å². The van der Waals surface area contributed by atoms with Crippen molar-refractivity contribution >= 4 is 11.6 Å². The minimum Gasteiger partial charge on any atom is -0.300 e. The second kappa shape index (κ2) is 4.43. The first kappa shape index (κ1) is 14.0. The topological polar surface area (TPSA) is 34.1 Å². The lowest BCUT2D eigenvalue weighted by atomic mass is 9.45. The van der Waals surface area contributed by atoms with E-state index in [9.17, 15) is 9.59 Å². The van der Waals surface area contributed by atoms with Gasteiger partial charge in [-0.15, -0.1) is 0 Å². The fourth-order valence-electron chi connectivity index (χ4n) is 6.92. The normalized spacial score (nSPS) is 53.0. The van der Waals surface area contributed by atoms with Gasteiger partial charge in [-0.05, 0) is 54.3 Å². The van der Waals surface area contributed by atoms with Gasteiger partial charge in [0.1, 0.15) is 11.6 Å². The number of carbonyl (C=O) groups is 2. The van der Waals surface area contributed by atoms with E-state index in [1.807, 2.05) is 0 Å². The van der Waals surface area contributed by atoms with Crippen LogP contribution in [0.1, 0.15) is 71.6 Å². The van der Waals surface area contributed by atoms with Crippen molar-refractivity contribution in [3.8, 4) is 0 Å². The van der Waals surface area contributed by atoms with Crippen LogP contribution < -0.4 is 0 Å². The van der Waals surface area contributed by atoms with Crippen molar-refractivity contribution in [2.75, 3.05) is 0 Å². The van der Waals surface area contributed by atoms with E-state index < -0.39 is 0 Å². The number of rotatable bonds is 0. The average Bonchev–Trinajstić information content (AvgIpc) is 2.71. The number of fused-ring (bicyclic) bond motifs is 5. The Balaban J connectivity index is 1.72. The Morgan fingerprint density at radius 1 is 1.00 bits per heavy atom. The molecular weight excluding hydrogens is 260 g/mol. The van der Waals surface area contributed by atoms with Crippen LogP contribution in [0.5, 0.6) is 0 Å². The molecule has 0 aromatic carbocycles. The molecule has 4 rings (SSSR count). The van der Waals surface area contributed by atoms with Crippen molar-refractivity contribution in [2.45, 2.75) is 71.6 Å². The van der Waals surface area contributed by atoms with Gasteiger partial charge in [-0.1, -0.05) is 26.7 Å². The predicted octanol–water partition coefficient (Wildman–Crippen LogP) is 4.17. The minimum atomic E-state index is -0.00675. The smallest absolute Gasteiger partial charge is 0.137 e. The van der Waals surface area contributed by atoms with Crippen LogP contribution in [-0.2, 0) is 9.59 Å². The Kier molecular flexibility index (Phi) is 2.94. The molecular formula is C19H28O2. The largest absolute Gasteiger partial charge is 0.300 e. The zero-order chi connectivity index (χ0) is 14.8. The molecule has 0 N–H and O–H groups in total. The quantitative estimate of drug-likeness (QED) is 0.670. The number of carbonyl (C=O) groups excluding carboxylic acids is 2. The molecule has 4 fully saturated rings. The Morgan fingerprint density at radius 3 is 2.62 bits per heavy atom. The van der Waals surface area contributed by atoms with Crippen LogP contribution in [0.2, 0.25) is 0 Å². The second-order valence-corrected chi connectivity index (χ2v) is 8.99. The van der Waals surface area contributed by atoms with Crippen molar-refractivity contribution in [1.29, 1.82) is 0 Å². The molecule has 0 amide bonds. The second-order valence-electron chi connectivity index (χ2n) is 8.99. The van der Waals surface area contributed by atoms with Gasteiger partial charge in [0.2, 0.25) is 0 Å². The molecule has 6 atom stereocenters. The molecule has 2 heteroatoms. The highest BCUT2D eigenvalue weighted by atomic mass is 16.1. The lowest BCUT2D eigenvalue weighted by Crippen LogP contribution is -2.55. The van der Waals surface area contributed by atoms with E-state index in [0.717, 1.165) is 12.3 Å². The predicted molar refractivity (Wildman–Crippen MR) is 81.7 cm³/mol. The number of ketones is 2. The number of hydrogen-bond donors (Lipinski definition) is 0. The lowest BCUT2D eigenvalue weighted by molar-refractivity contribution is -0.155. The van der Waals surface area contributed by atoms with Crippen molar-refractivity contribution in [3.05, 3.63) is 0 Å². The average molecular weight is 288 g/mol.